The SMILES string of the molecule is C=CC(C)NC1CCC(CC)CC1. The van der Waals surface area contributed by atoms with Crippen molar-refractivity contribution in [3.8, 4) is 0 Å². The first kappa shape index (κ1) is 10.8. The number of rotatable bonds is 4. The second-order valence-electron chi connectivity index (χ2n) is 4.32. The first-order valence-electron chi connectivity index (χ1n) is 5.64. The maximum atomic E-state index is 3.79. The number of hydrogen-bond acceptors (Lipinski definition) is 1. The second kappa shape index (κ2) is 5.43. The predicted molar refractivity (Wildman–Crippen MR) is 58.8 cm³/mol. The van der Waals surface area contributed by atoms with Gasteiger partial charge in [-0.05, 0) is 38.5 Å². The van der Waals surface area contributed by atoms with E-state index in [-0.39, 0.29) is 0 Å². The van der Waals surface area contributed by atoms with Crippen LogP contribution in [0.15, 0.2) is 12.7 Å². The Hall–Kier alpha value is -0.300. The highest BCUT2D eigenvalue weighted by atomic mass is 14.9. The van der Waals surface area contributed by atoms with E-state index in [1.165, 1.54) is 32.1 Å². The number of nitrogens with one attached hydrogen (secondary N) is 1. The Kier molecular flexibility index (Phi) is 4.51. The largest absolute Gasteiger partial charge is 0.308 e. The van der Waals surface area contributed by atoms with E-state index in [9.17, 15) is 0 Å². The van der Waals surface area contributed by atoms with Gasteiger partial charge in [-0.3, -0.25) is 0 Å². The Labute approximate surface area is 82.6 Å². The molecule has 1 aliphatic rings. The highest BCUT2D eigenvalue weighted by Crippen LogP contribution is 2.26. The third-order valence-corrected chi connectivity index (χ3v) is 3.28. The molecule has 0 aromatic carbocycles. The van der Waals surface area contributed by atoms with Gasteiger partial charge in [-0.15, -0.1) is 6.58 Å². The molecular formula is C12H23N. The van der Waals surface area contributed by atoms with Crippen LogP contribution in [0.5, 0.6) is 0 Å². The van der Waals surface area contributed by atoms with Crippen molar-refractivity contribution in [2.75, 3.05) is 0 Å². The molecule has 0 amide bonds. The monoisotopic (exact) mass is 181 g/mol. The normalized spacial score (nSPS) is 31.2. The van der Waals surface area contributed by atoms with E-state index in [2.05, 4.69) is 25.7 Å². The average Bonchev–Trinajstić information content (AvgIpc) is 2.19. The lowest BCUT2D eigenvalue weighted by Crippen LogP contribution is -2.37. The fraction of sp³-hybridized carbons (Fsp3) is 0.833. The van der Waals surface area contributed by atoms with Crippen molar-refractivity contribution in [3.05, 3.63) is 12.7 Å². The zero-order valence-electron chi connectivity index (χ0n) is 9.05. The molecule has 0 saturated heterocycles. The van der Waals surface area contributed by atoms with Crippen molar-refractivity contribution in [1.29, 1.82) is 0 Å². The number of hydrogen-bond donors (Lipinski definition) is 1. The minimum absolute atomic E-state index is 0.475. The molecule has 0 bridgehead atoms. The van der Waals surface area contributed by atoms with Crippen LogP contribution in [-0.2, 0) is 0 Å². The minimum Gasteiger partial charge on any atom is -0.308 e. The van der Waals surface area contributed by atoms with Crippen molar-refractivity contribution in [2.45, 2.75) is 58.0 Å². The van der Waals surface area contributed by atoms with E-state index in [1.807, 2.05) is 6.08 Å². The Morgan fingerprint density at radius 2 is 2.00 bits per heavy atom. The van der Waals surface area contributed by atoms with Gasteiger partial charge in [0.15, 0.2) is 0 Å². The fourth-order valence-electron chi connectivity index (χ4n) is 2.18. The van der Waals surface area contributed by atoms with E-state index in [1.54, 1.807) is 0 Å². The lowest BCUT2D eigenvalue weighted by Gasteiger charge is -2.30. The van der Waals surface area contributed by atoms with Crippen molar-refractivity contribution in [2.24, 2.45) is 5.92 Å². The first-order chi connectivity index (χ1) is 6.26. The van der Waals surface area contributed by atoms with Crippen LogP contribution in [-0.4, -0.2) is 12.1 Å². The lowest BCUT2D eigenvalue weighted by molar-refractivity contribution is 0.280. The summed E-state index contributed by atoms with van der Waals surface area (Å²) in [4.78, 5) is 0. The molecule has 1 N–H and O–H groups in total. The predicted octanol–water partition coefficient (Wildman–Crippen LogP) is 3.12. The summed E-state index contributed by atoms with van der Waals surface area (Å²) in [5, 5.41) is 3.60. The van der Waals surface area contributed by atoms with Crippen molar-refractivity contribution < 1.29 is 0 Å². The van der Waals surface area contributed by atoms with Crippen LogP contribution in [0.2, 0.25) is 0 Å². The molecule has 1 rings (SSSR count). The Bertz CT molecular complexity index is 145. The molecule has 1 heteroatoms. The molecule has 76 valence electrons. The molecule has 1 fully saturated rings. The fourth-order valence-corrected chi connectivity index (χ4v) is 2.18. The van der Waals surface area contributed by atoms with Crippen molar-refractivity contribution >= 4 is 0 Å². The molecule has 13 heavy (non-hydrogen) atoms. The summed E-state index contributed by atoms with van der Waals surface area (Å²) >= 11 is 0. The zero-order valence-corrected chi connectivity index (χ0v) is 9.05. The summed E-state index contributed by atoms with van der Waals surface area (Å²) in [7, 11) is 0. The highest BCUT2D eigenvalue weighted by Gasteiger charge is 2.19. The summed E-state index contributed by atoms with van der Waals surface area (Å²) < 4.78 is 0. The van der Waals surface area contributed by atoms with Gasteiger partial charge in [0.25, 0.3) is 0 Å². The molecule has 0 radical (unpaired) electrons. The first-order valence-corrected chi connectivity index (χ1v) is 5.64. The molecule has 1 saturated carbocycles. The van der Waals surface area contributed by atoms with Gasteiger partial charge in [-0.2, -0.15) is 0 Å². The molecule has 1 unspecified atom stereocenters. The van der Waals surface area contributed by atoms with Crippen LogP contribution in [0.1, 0.15) is 46.0 Å². The van der Waals surface area contributed by atoms with Crippen molar-refractivity contribution in [3.63, 3.8) is 0 Å². The van der Waals surface area contributed by atoms with E-state index in [0.29, 0.717) is 6.04 Å². The van der Waals surface area contributed by atoms with Gasteiger partial charge in [0.05, 0.1) is 0 Å². The third-order valence-electron chi connectivity index (χ3n) is 3.28. The Balaban J connectivity index is 2.21. The molecule has 0 aromatic heterocycles. The molecular weight excluding hydrogens is 158 g/mol. The van der Waals surface area contributed by atoms with Crippen LogP contribution in [0, 0.1) is 5.92 Å². The van der Waals surface area contributed by atoms with Crippen LogP contribution in [0.3, 0.4) is 0 Å². The maximum absolute atomic E-state index is 3.79. The van der Waals surface area contributed by atoms with Gasteiger partial charge in [-0.25, -0.2) is 0 Å². The molecule has 0 heterocycles. The van der Waals surface area contributed by atoms with Crippen LogP contribution < -0.4 is 5.32 Å². The summed E-state index contributed by atoms with van der Waals surface area (Å²) in [6.07, 6.45) is 8.90. The maximum Gasteiger partial charge on any atom is 0.0221 e. The molecule has 0 aliphatic heterocycles. The Morgan fingerprint density at radius 1 is 1.38 bits per heavy atom. The zero-order chi connectivity index (χ0) is 9.68. The highest BCUT2D eigenvalue weighted by molar-refractivity contribution is 4.86. The average molecular weight is 181 g/mol. The summed E-state index contributed by atoms with van der Waals surface area (Å²) in [5.74, 6) is 0.997. The van der Waals surface area contributed by atoms with Gasteiger partial charge in [0.2, 0.25) is 0 Å². The topological polar surface area (TPSA) is 12.0 Å². The molecule has 1 nitrogen and oxygen atoms in total. The molecule has 1 atom stereocenters. The molecule has 1 aliphatic carbocycles. The van der Waals surface area contributed by atoms with Gasteiger partial charge < -0.3 is 5.32 Å². The smallest absolute Gasteiger partial charge is 0.0221 e. The standard InChI is InChI=1S/C12H23N/c1-4-10(3)13-12-8-6-11(5-2)7-9-12/h4,10-13H,1,5-9H2,2-3H3. The van der Waals surface area contributed by atoms with Gasteiger partial charge >= 0.3 is 0 Å². The van der Waals surface area contributed by atoms with Crippen LogP contribution in [0.4, 0.5) is 0 Å². The van der Waals surface area contributed by atoms with E-state index in [0.717, 1.165) is 12.0 Å². The molecule has 0 aromatic rings. The van der Waals surface area contributed by atoms with Crippen molar-refractivity contribution in [1.82, 2.24) is 5.32 Å². The Morgan fingerprint density at radius 3 is 2.46 bits per heavy atom. The second-order valence-corrected chi connectivity index (χ2v) is 4.32. The van der Waals surface area contributed by atoms with Crippen LogP contribution >= 0.6 is 0 Å². The van der Waals surface area contributed by atoms with E-state index < -0.39 is 0 Å². The van der Waals surface area contributed by atoms with Gasteiger partial charge in [0.1, 0.15) is 0 Å². The lowest BCUT2D eigenvalue weighted by atomic mass is 9.84. The van der Waals surface area contributed by atoms with Gasteiger partial charge in [-0.1, -0.05) is 19.4 Å². The summed E-state index contributed by atoms with van der Waals surface area (Å²) in [5.41, 5.74) is 0. The molecule has 0 spiro atoms. The summed E-state index contributed by atoms with van der Waals surface area (Å²) in [6, 6.07) is 1.22. The minimum atomic E-state index is 0.475. The van der Waals surface area contributed by atoms with Gasteiger partial charge in [0, 0.05) is 12.1 Å². The summed E-state index contributed by atoms with van der Waals surface area (Å²) in [6.45, 7) is 8.28. The van der Waals surface area contributed by atoms with Crippen LogP contribution in [0.25, 0.3) is 0 Å². The third kappa shape index (κ3) is 3.51. The quantitative estimate of drug-likeness (QED) is 0.657. The van der Waals surface area contributed by atoms with E-state index >= 15 is 0 Å². The van der Waals surface area contributed by atoms with E-state index in [4.69, 9.17) is 0 Å².